The molecular formula is C12H16FN3O3S2. The molecule has 0 aromatic carbocycles. The summed E-state index contributed by atoms with van der Waals surface area (Å²) in [5.74, 6) is 0.0350. The highest BCUT2D eigenvalue weighted by Crippen LogP contribution is 2.39. The zero-order valence-electron chi connectivity index (χ0n) is 11.3. The number of halogens is 1. The molecule has 1 fully saturated rings. The quantitative estimate of drug-likeness (QED) is 0.631. The molecule has 6 nitrogen and oxygen atoms in total. The zero-order valence-corrected chi connectivity index (χ0v) is 12.9. The SMILES string of the molecule is O=C(NCCCCC1CCSS1)n1cc(F)c(=O)[nH]c1=O. The standard InChI is InChI=1S/C12H16FN3O3S2/c13-9-7-16(12(19)15-10(9)17)11(18)14-5-2-1-3-8-4-6-20-21-8/h7-8H,1-6H2,(H,14,18)(H,15,17,19). The number of nitrogens with zero attached hydrogens (tertiary/aromatic N) is 1. The molecule has 21 heavy (non-hydrogen) atoms. The Morgan fingerprint density at radius 2 is 2.29 bits per heavy atom. The summed E-state index contributed by atoms with van der Waals surface area (Å²) in [6.45, 7) is 0.413. The van der Waals surface area contributed by atoms with E-state index in [0.29, 0.717) is 22.6 Å². The minimum absolute atomic E-state index is 0.413. The van der Waals surface area contributed by atoms with Gasteiger partial charge in [-0.1, -0.05) is 28.0 Å². The molecule has 1 amide bonds. The number of rotatable bonds is 5. The molecule has 1 unspecified atom stereocenters. The van der Waals surface area contributed by atoms with Crippen molar-refractivity contribution in [3.8, 4) is 0 Å². The number of hydrogen-bond donors (Lipinski definition) is 2. The van der Waals surface area contributed by atoms with E-state index in [1.165, 1.54) is 12.2 Å². The largest absolute Gasteiger partial charge is 0.337 e. The summed E-state index contributed by atoms with van der Waals surface area (Å²) in [4.78, 5) is 35.7. The summed E-state index contributed by atoms with van der Waals surface area (Å²) < 4.78 is 13.6. The van der Waals surface area contributed by atoms with Gasteiger partial charge in [0.05, 0.1) is 6.20 Å². The molecule has 0 spiro atoms. The molecule has 1 aliphatic rings. The molecule has 2 heterocycles. The van der Waals surface area contributed by atoms with Gasteiger partial charge in [0.25, 0.3) is 5.56 Å². The van der Waals surface area contributed by atoms with Crippen molar-refractivity contribution < 1.29 is 9.18 Å². The molecule has 2 N–H and O–H groups in total. The Bertz CT molecular complexity index is 611. The first-order valence-electron chi connectivity index (χ1n) is 6.66. The highest BCUT2D eigenvalue weighted by molar-refractivity contribution is 8.77. The average Bonchev–Trinajstić information content (AvgIpc) is 2.95. The molecule has 1 aromatic rings. The van der Waals surface area contributed by atoms with Crippen molar-refractivity contribution >= 4 is 27.6 Å². The van der Waals surface area contributed by atoms with Gasteiger partial charge >= 0.3 is 11.7 Å². The van der Waals surface area contributed by atoms with Crippen LogP contribution in [0.15, 0.2) is 15.8 Å². The van der Waals surface area contributed by atoms with Gasteiger partial charge in [0.1, 0.15) is 0 Å². The summed E-state index contributed by atoms with van der Waals surface area (Å²) >= 11 is 0. The Kier molecular flexibility index (Phi) is 5.92. The van der Waals surface area contributed by atoms with Crippen LogP contribution < -0.4 is 16.6 Å². The summed E-state index contributed by atoms with van der Waals surface area (Å²) in [7, 11) is 3.81. The van der Waals surface area contributed by atoms with E-state index in [1.807, 2.05) is 21.6 Å². The number of carbonyl (C=O) groups is 1. The fraction of sp³-hybridized carbons (Fsp3) is 0.583. The highest BCUT2D eigenvalue weighted by atomic mass is 33.1. The molecule has 0 bridgehead atoms. The van der Waals surface area contributed by atoms with Crippen LogP contribution in [0.25, 0.3) is 0 Å². The molecule has 1 aromatic heterocycles. The summed E-state index contributed by atoms with van der Waals surface area (Å²) in [6, 6.07) is -0.735. The lowest BCUT2D eigenvalue weighted by Gasteiger charge is -2.08. The Balaban J connectivity index is 1.75. The maximum Gasteiger partial charge on any atom is 0.336 e. The van der Waals surface area contributed by atoms with Crippen LogP contribution in [0, 0.1) is 5.82 Å². The number of carbonyl (C=O) groups excluding carboxylic acids is 1. The van der Waals surface area contributed by atoms with Gasteiger partial charge < -0.3 is 5.32 Å². The molecule has 1 atom stereocenters. The Morgan fingerprint density at radius 3 is 3.00 bits per heavy atom. The fourth-order valence-corrected chi connectivity index (χ4v) is 4.97. The highest BCUT2D eigenvalue weighted by Gasteiger charge is 2.15. The van der Waals surface area contributed by atoms with E-state index in [2.05, 4.69) is 5.32 Å². The van der Waals surface area contributed by atoms with Crippen LogP contribution in [0.5, 0.6) is 0 Å². The average molecular weight is 333 g/mol. The van der Waals surface area contributed by atoms with E-state index >= 15 is 0 Å². The minimum atomic E-state index is -1.17. The van der Waals surface area contributed by atoms with Crippen LogP contribution in [0.4, 0.5) is 9.18 Å². The third-order valence-corrected chi connectivity index (χ3v) is 6.08. The summed E-state index contributed by atoms with van der Waals surface area (Å²) in [5.41, 5.74) is -2.07. The molecular weight excluding hydrogens is 317 g/mol. The van der Waals surface area contributed by atoms with Gasteiger partial charge in [-0.2, -0.15) is 4.39 Å². The van der Waals surface area contributed by atoms with Gasteiger partial charge in [0.2, 0.25) is 5.82 Å². The zero-order chi connectivity index (χ0) is 15.2. The topological polar surface area (TPSA) is 84.0 Å². The number of H-pyrrole nitrogens is 1. The van der Waals surface area contributed by atoms with E-state index in [0.717, 1.165) is 19.3 Å². The molecule has 1 saturated heterocycles. The maximum absolute atomic E-state index is 13.0. The summed E-state index contributed by atoms with van der Waals surface area (Å²) in [5, 5.41) is 3.23. The number of unbranched alkanes of at least 4 members (excludes halogenated alkanes) is 1. The van der Waals surface area contributed by atoms with Crippen molar-refractivity contribution in [2.75, 3.05) is 12.3 Å². The molecule has 2 rings (SSSR count). The van der Waals surface area contributed by atoms with Gasteiger partial charge in [-0.05, 0) is 19.3 Å². The van der Waals surface area contributed by atoms with Crippen LogP contribution in [0.2, 0.25) is 0 Å². The molecule has 9 heteroatoms. The van der Waals surface area contributed by atoms with E-state index in [9.17, 15) is 18.8 Å². The van der Waals surface area contributed by atoms with E-state index in [1.54, 1.807) is 4.98 Å². The first-order valence-corrected chi connectivity index (χ1v) is 9.04. The second kappa shape index (κ2) is 7.69. The van der Waals surface area contributed by atoms with E-state index in [-0.39, 0.29) is 0 Å². The lowest BCUT2D eigenvalue weighted by Crippen LogP contribution is -2.40. The second-order valence-corrected chi connectivity index (χ2v) is 7.45. The molecule has 116 valence electrons. The van der Waals surface area contributed by atoms with Crippen molar-refractivity contribution in [3.63, 3.8) is 0 Å². The van der Waals surface area contributed by atoms with Crippen molar-refractivity contribution in [2.45, 2.75) is 30.9 Å². The number of amides is 1. The maximum atomic E-state index is 13.0. The second-order valence-electron chi connectivity index (χ2n) is 4.66. The van der Waals surface area contributed by atoms with Crippen molar-refractivity contribution in [3.05, 3.63) is 32.9 Å². The normalized spacial score (nSPS) is 17.9. The smallest absolute Gasteiger partial charge is 0.336 e. The van der Waals surface area contributed by atoms with Gasteiger partial charge in [0.15, 0.2) is 0 Å². The predicted octanol–water partition coefficient (Wildman–Crippen LogP) is 1.56. The van der Waals surface area contributed by atoms with Gasteiger partial charge in [-0.15, -0.1) is 0 Å². The van der Waals surface area contributed by atoms with Crippen LogP contribution in [-0.2, 0) is 0 Å². The van der Waals surface area contributed by atoms with Crippen LogP contribution in [0.1, 0.15) is 25.7 Å². The Labute approximate surface area is 128 Å². The first kappa shape index (κ1) is 16.2. The van der Waals surface area contributed by atoms with Crippen molar-refractivity contribution in [1.29, 1.82) is 0 Å². The number of aromatic amines is 1. The third-order valence-electron chi connectivity index (χ3n) is 3.07. The van der Waals surface area contributed by atoms with Crippen molar-refractivity contribution in [1.82, 2.24) is 14.9 Å². The first-order chi connectivity index (χ1) is 10.1. The number of aromatic nitrogens is 2. The van der Waals surface area contributed by atoms with E-state index < -0.39 is 23.1 Å². The molecule has 0 radical (unpaired) electrons. The Hall–Kier alpha value is -1.22. The third kappa shape index (κ3) is 4.63. The van der Waals surface area contributed by atoms with Crippen LogP contribution in [0.3, 0.4) is 0 Å². The lowest BCUT2D eigenvalue weighted by atomic mass is 10.1. The van der Waals surface area contributed by atoms with Crippen molar-refractivity contribution in [2.24, 2.45) is 0 Å². The monoisotopic (exact) mass is 333 g/mol. The number of nitrogens with one attached hydrogen (secondary N) is 2. The van der Waals surface area contributed by atoms with Gasteiger partial charge in [-0.25, -0.2) is 14.2 Å². The minimum Gasteiger partial charge on any atom is -0.337 e. The fourth-order valence-electron chi connectivity index (χ4n) is 1.94. The molecule has 1 aliphatic heterocycles. The lowest BCUT2D eigenvalue weighted by molar-refractivity contribution is 0.240. The van der Waals surface area contributed by atoms with Crippen LogP contribution in [-0.4, -0.2) is 33.1 Å². The van der Waals surface area contributed by atoms with Crippen LogP contribution >= 0.6 is 21.6 Å². The predicted molar refractivity (Wildman–Crippen MR) is 82.4 cm³/mol. The Morgan fingerprint density at radius 1 is 1.48 bits per heavy atom. The molecule has 0 aliphatic carbocycles. The number of hydrogen-bond acceptors (Lipinski definition) is 5. The van der Waals surface area contributed by atoms with Gasteiger partial charge in [-0.3, -0.25) is 9.78 Å². The van der Waals surface area contributed by atoms with Gasteiger partial charge in [0, 0.05) is 17.5 Å². The summed E-state index contributed by atoms with van der Waals surface area (Å²) in [6.07, 6.45) is 4.73. The van der Waals surface area contributed by atoms with E-state index in [4.69, 9.17) is 0 Å². The molecule has 0 saturated carbocycles.